The highest BCUT2D eigenvalue weighted by atomic mass is 16.2. The summed E-state index contributed by atoms with van der Waals surface area (Å²) in [6, 6.07) is 16.8. The monoisotopic (exact) mass is 337 g/mol. The van der Waals surface area contributed by atoms with Crippen LogP contribution in [0.2, 0.25) is 0 Å². The Morgan fingerprint density at radius 3 is 2.44 bits per heavy atom. The number of rotatable bonds is 4. The van der Waals surface area contributed by atoms with E-state index in [1.165, 1.54) is 0 Å². The predicted molar refractivity (Wildman–Crippen MR) is 98.7 cm³/mol. The van der Waals surface area contributed by atoms with E-state index in [2.05, 4.69) is 5.32 Å². The second-order valence-corrected chi connectivity index (χ2v) is 6.44. The van der Waals surface area contributed by atoms with E-state index in [-0.39, 0.29) is 11.8 Å². The number of hydrogen-bond donors (Lipinski definition) is 1. The summed E-state index contributed by atoms with van der Waals surface area (Å²) < 4.78 is 0. The third-order valence-corrected chi connectivity index (χ3v) is 4.49. The van der Waals surface area contributed by atoms with Crippen molar-refractivity contribution in [2.24, 2.45) is 0 Å². The number of piperazine rings is 1. The highest BCUT2D eigenvalue weighted by molar-refractivity contribution is 5.98. The van der Waals surface area contributed by atoms with E-state index in [1.54, 1.807) is 4.90 Å². The van der Waals surface area contributed by atoms with Crippen LogP contribution in [0.5, 0.6) is 0 Å². The molecule has 1 N–H and O–H groups in total. The first kappa shape index (κ1) is 17.0. The molecule has 5 nitrogen and oxygen atoms in total. The first-order chi connectivity index (χ1) is 12.1. The zero-order chi connectivity index (χ0) is 17.8. The van der Waals surface area contributed by atoms with Gasteiger partial charge in [-0.1, -0.05) is 30.3 Å². The molecule has 0 bridgehead atoms. The molecule has 1 fully saturated rings. The van der Waals surface area contributed by atoms with Gasteiger partial charge < -0.3 is 15.1 Å². The smallest absolute Gasteiger partial charge is 0.254 e. The first-order valence-corrected chi connectivity index (χ1v) is 8.46. The Morgan fingerprint density at radius 2 is 1.80 bits per heavy atom. The van der Waals surface area contributed by atoms with Crippen LogP contribution in [0.4, 0.5) is 5.69 Å². The molecule has 0 spiro atoms. The molecule has 1 heterocycles. The van der Waals surface area contributed by atoms with Crippen molar-refractivity contribution in [2.75, 3.05) is 32.1 Å². The van der Waals surface area contributed by atoms with Gasteiger partial charge in [-0.25, -0.2) is 0 Å². The molecule has 1 aliphatic heterocycles. The van der Waals surface area contributed by atoms with Gasteiger partial charge in [-0.3, -0.25) is 9.59 Å². The number of carbonyl (C=O) groups is 2. The minimum absolute atomic E-state index is 0.0895. The van der Waals surface area contributed by atoms with E-state index in [0.29, 0.717) is 25.1 Å². The lowest BCUT2D eigenvalue weighted by Gasteiger charge is -2.35. The molecule has 2 amide bonds. The van der Waals surface area contributed by atoms with Gasteiger partial charge in [0.15, 0.2) is 0 Å². The zero-order valence-electron chi connectivity index (χ0n) is 14.6. The third kappa shape index (κ3) is 3.82. The Hall–Kier alpha value is -2.82. The maximum absolute atomic E-state index is 13.0. The van der Waals surface area contributed by atoms with Crippen LogP contribution in [0.3, 0.4) is 0 Å². The molecule has 3 rings (SSSR count). The van der Waals surface area contributed by atoms with Gasteiger partial charge in [0.25, 0.3) is 5.91 Å². The topological polar surface area (TPSA) is 52.7 Å². The standard InChI is InChI=1S/C20H23N3O2/c1-22(2)17-10-8-16(9-11-17)20(25)23-13-12-21-19(24)18(23)14-15-6-4-3-5-7-15/h3-11,18H,12-14H2,1-2H3,(H,21,24). The molecule has 130 valence electrons. The molecule has 0 aromatic heterocycles. The van der Waals surface area contributed by atoms with Gasteiger partial charge >= 0.3 is 0 Å². The lowest BCUT2D eigenvalue weighted by atomic mass is 10.0. The SMILES string of the molecule is CN(C)c1ccc(C(=O)N2CCNC(=O)C2Cc2ccccc2)cc1. The minimum Gasteiger partial charge on any atom is -0.378 e. The summed E-state index contributed by atoms with van der Waals surface area (Å²) in [5.74, 6) is -0.186. The number of hydrogen-bond acceptors (Lipinski definition) is 3. The molecule has 1 unspecified atom stereocenters. The first-order valence-electron chi connectivity index (χ1n) is 8.46. The lowest BCUT2D eigenvalue weighted by molar-refractivity contribution is -0.127. The summed E-state index contributed by atoms with van der Waals surface area (Å²) in [5, 5.41) is 2.87. The van der Waals surface area contributed by atoms with Crippen molar-refractivity contribution in [3.63, 3.8) is 0 Å². The van der Waals surface area contributed by atoms with Crippen molar-refractivity contribution in [1.82, 2.24) is 10.2 Å². The Kier molecular flexibility index (Phi) is 5.03. The van der Waals surface area contributed by atoms with Crippen LogP contribution in [-0.2, 0) is 11.2 Å². The molecule has 0 radical (unpaired) electrons. The maximum atomic E-state index is 13.0. The second-order valence-electron chi connectivity index (χ2n) is 6.44. The van der Waals surface area contributed by atoms with Gasteiger partial charge in [-0.2, -0.15) is 0 Å². The van der Waals surface area contributed by atoms with Gasteiger partial charge in [-0.15, -0.1) is 0 Å². The molecule has 1 atom stereocenters. The summed E-state index contributed by atoms with van der Waals surface area (Å²) in [4.78, 5) is 29.0. The van der Waals surface area contributed by atoms with E-state index in [4.69, 9.17) is 0 Å². The van der Waals surface area contributed by atoms with Crippen molar-refractivity contribution in [3.05, 3.63) is 65.7 Å². The quantitative estimate of drug-likeness (QED) is 0.928. The van der Waals surface area contributed by atoms with Crippen molar-refractivity contribution >= 4 is 17.5 Å². The number of carbonyl (C=O) groups excluding carboxylic acids is 2. The molecular formula is C20H23N3O2. The highest BCUT2D eigenvalue weighted by Gasteiger charge is 2.33. The number of nitrogens with zero attached hydrogens (tertiary/aromatic N) is 2. The fraction of sp³-hybridized carbons (Fsp3) is 0.300. The number of nitrogens with one attached hydrogen (secondary N) is 1. The molecule has 1 saturated heterocycles. The van der Waals surface area contributed by atoms with E-state index < -0.39 is 6.04 Å². The van der Waals surface area contributed by atoms with Gasteiger partial charge in [0, 0.05) is 44.9 Å². The van der Waals surface area contributed by atoms with Gasteiger partial charge in [0.05, 0.1) is 0 Å². The normalized spacial score (nSPS) is 17.1. The summed E-state index contributed by atoms with van der Waals surface area (Å²) in [7, 11) is 3.92. The van der Waals surface area contributed by atoms with E-state index in [9.17, 15) is 9.59 Å². The summed E-state index contributed by atoms with van der Waals surface area (Å²) in [6.07, 6.45) is 0.522. The fourth-order valence-corrected chi connectivity index (χ4v) is 3.07. The molecule has 0 aliphatic carbocycles. The van der Waals surface area contributed by atoms with Crippen molar-refractivity contribution in [2.45, 2.75) is 12.5 Å². The third-order valence-electron chi connectivity index (χ3n) is 4.49. The minimum atomic E-state index is -0.475. The van der Waals surface area contributed by atoms with Crippen LogP contribution in [-0.4, -0.2) is 49.9 Å². The van der Waals surface area contributed by atoms with Crippen LogP contribution in [0.25, 0.3) is 0 Å². The van der Waals surface area contributed by atoms with Crippen LogP contribution < -0.4 is 10.2 Å². The van der Waals surface area contributed by atoms with Crippen LogP contribution in [0.1, 0.15) is 15.9 Å². The average molecular weight is 337 g/mol. The van der Waals surface area contributed by atoms with Gasteiger partial charge in [-0.05, 0) is 29.8 Å². The molecule has 0 saturated carbocycles. The highest BCUT2D eigenvalue weighted by Crippen LogP contribution is 2.18. The number of amides is 2. The maximum Gasteiger partial charge on any atom is 0.254 e. The second kappa shape index (κ2) is 7.38. The number of benzene rings is 2. The van der Waals surface area contributed by atoms with Crippen LogP contribution in [0.15, 0.2) is 54.6 Å². The lowest BCUT2D eigenvalue weighted by Crippen LogP contribution is -2.58. The largest absolute Gasteiger partial charge is 0.378 e. The molecule has 25 heavy (non-hydrogen) atoms. The molecule has 2 aromatic rings. The van der Waals surface area contributed by atoms with Gasteiger partial charge in [0.2, 0.25) is 5.91 Å². The Morgan fingerprint density at radius 1 is 1.12 bits per heavy atom. The molecule has 1 aliphatic rings. The Balaban J connectivity index is 1.81. The van der Waals surface area contributed by atoms with Gasteiger partial charge in [0.1, 0.15) is 6.04 Å². The van der Waals surface area contributed by atoms with E-state index >= 15 is 0 Å². The van der Waals surface area contributed by atoms with Crippen molar-refractivity contribution in [3.8, 4) is 0 Å². The van der Waals surface area contributed by atoms with Crippen LogP contribution in [0, 0.1) is 0 Å². The molecular weight excluding hydrogens is 314 g/mol. The summed E-state index contributed by atoms with van der Waals surface area (Å²) in [6.45, 7) is 1.02. The van der Waals surface area contributed by atoms with E-state index in [1.807, 2.05) is 73.6 Å². The van der Waals surface area contributed by atoms with Crippen molar-refractivity contribution in [1.29, 1.82) is 0 Å². The summed E-state index contributed by atoms with van der Waals surface area (Å²) >= 11 is 0. The molecule has 2 aromatic carbocycles. The predicted octanol–water partition coefficient (Wildman–Crippen LogP) is 1.94. The Bertz CT molecular complexity index is 741. The van der Waals surface area contributed by atoms with E-state index in [0.717, 1.165) is 11.3 Å². The zero-order valence-corrected chi connectivity index (χ0v) is 14.6. The number of anilines is 1. The fourth-order valence-electron chi connectivity index (χ4n) is 3.07. The summed E-state index contributed by atoms with van der Waals surface area (Å²) in [5.41, 5.74) is 2.69. The Labute approximate surface area is 148 Å². The van der Waals surface area contributed by atoms with Crippen molar-refractivity contribution < 1.29 is 9.59 Å². The van der Waals surface area contributed by atoms with Crippen LogP contribution >= 0.6 is 0 Å². The average Bonchev–Trinajstić information content (AvgIpc) is 2.64. The molecule has 5 heteroatoms.